The average molecular weight is 228 g/mol. The zero-order valence-corrected chi connectivity index (χ0v) is 11.3. The van der Waals surface area contributed by atoms with Gasteiger partial charge in [-0.3, -0.25) is 0 Å². The van der Waals surface area contributed by atoms with Crippen molar-refractivity contribution in [2.75, 3.05) is 26.7 Å². The van der Waals surface area contributed by atoms with Crippen LogP contribution in [0.3, 0.4) is 0 Å². The van der Waals surface area contributed by atoms with Gasteiger partial charge in [0, 0.05) is 12.6 Å². The highest BCUT2D eigenvalue weighted by molar-refractivity contribution is 4.78. The second-order valence-corrected chi connectivity index (χ2v) is 6.40. The summed E-state index contributed by atoms with van der Waals surface area (Å²) in [7, 11) is 2.17. The second-order valence-electron chi connectivity index (χ2n) is 6.40. The Morgan fingerprint density at radius 3 is 2.38 bits per heavy atom. The zero-order chi connectivity index (χ0) is 12.2. The predicted octanol–water partition coefficient (Wildman–Crippen LogP) is 1.47. The maximum Gasteiger partial charge on any atom is 0.0669 e. The molecule has 0 amide bonds. The van der Waals surface area contributed by atoms with E-state index in [2.05, 4.69) is 38.0 Å². The molecule has 2 N–H and O–H groups in total. The number of aliphatic hydroxyl groups excluding tert-OH is 1. The van der Waals surface area contributed by atoms with Crippen molar-refractivity contribution in [3.8, 4) is 0 Å². The van der Waals surface area contributed by atoms with Gasteiger partial charge in [0.2, 0.25) is 0 Å². The van der Waals surface area contributed by atoms with E-state index in [1.807, 2.05) is 0 Å². The molecule has 0 aromatic carbocycles. The van der Waals surface area contributed by atoms with E-state index in [9.17, 15) is 5.11 Å². The monoisotopic (exact) mass is 228 g/mol. The van der Waals surface area contributed by atoms with Crippen LogP contribution in [0, 0.1) is 5.41 Å². The lowest BCUT2D eigenvalue weighted by atomic mass is 9.89. The van der Waals surface area contributed by atoms with Crippen molar-refractivity contribution in [2.24, 2.45) is 5.41 Å². The molecule has 0 aliphatic carbocycles. The van der Waals surface area contributed by atoms with Crippen LogP contribution in [0.2, 0.25) is 0 Å². The van der Waals surface area contributed by atoms with Crippen molar-refractivity contribution < 1.29 is 5.11 Å². The van der Waals surface area contributed by atoms with Gasteiger partial charge in [-0.25, -0.2) is 0 Å². The fourth-order valence-electron chi connectivity index (χ4n) is 2.29. The molecule has 0 radical (unpaired) electrons. The summed E-state index contributed by atoms with van der Waals surface area (Å²) in [5.41, 5.74) is 0.216. The minimum Gasteiger partial charge on any atom is -0.392 e. The number of piperidine rings is 1. The van der Waals surface area contributed by atoms with Crippen LogP contribution in [-0.4, -0.2) is 48.8 Å². The van der Waals surface area contributed by atoms with E-state index in [1.54, 1.807) is 0 Å². The van der Waals surface area contributed by atoms with Gasteiger partial charge >= 0.3 is 0 Å². The summed E-state index contributed by atoms with van der Waals surface area (Å²) in [5, 5.41) is 13.4. The highest BCUT2D eigenvalue weighted by atomic mass is 16.3. The first kappa shape index (κ1) is 13.9. The van der Waals surface area contributed by atoms with Gasteiger partial charge in [-0.2, -0.15) is 0 Å². The van der Waals surface area contributed by atoms with Crippen LogP contribution in [-0.2, 0) is 0 Å². The topological polar surface area (TPSA) is 35.5 Å². The first-order chi connectivity index (χ1) is 7.37. The lowest BCUT2D eigenvalue weighted by molar-refractivity contribution is 0.111. The first-order valence-corrected chi connectivity index (χ1v) is 6.47. The summed E-state index contributed by atoms with van der Waals surface area (Å²) in [6.07, 6.45) is 3.07. The third kappa shape index (κ3) is 5.83. The maximum absolute atomic E-state index is 9.89. The number of likely N-dealkylation sites (tertiary alicyclic amines) is 1. The molecular formula is C13H28N2O. The summed E-state index contributed by atoms with van der Waals surface area (Å²) in [6, 6.07) is 0.603. The third-order valence-corrected chi connectivity index (χ3v) is 3.21. The van der Waals surface area contributed by atoms with Gasteiger partial charge in [-0.05, 0) is 44.8 Å². The fraction of sp³-hybridized carbons (Fsp3) is 1.00. The molecule has 3 heteroatoms. The normalized spacial score (nSPS) is 22.3. The summed E-state index contributed by atoms with van der Waals surface area (Å²) in [6.45, 7) is 9.61. The molecule has 16 heavy (non-hydrogen) atoms. The minimum absolute atomic E-state index is 0.209. The largest absolute Gasteiger partial charge is 0.392 e. The molecule has 1 atom stereocenters. The summed E-state index contributed by atoms with van der Waals surface area (Å²) in [4.78, 5) is 2.36. The molecule has 3 nitrogen and oxygen atoms in total. The molecule has 1 heterocycles. The van der Waals surface area contributed by atoms with Gasteiger partial charge in [-0.1, -0.05) is 20.8 Å². The van der Waals surface area contributed by atoms with Crippen molar-refractivity contribution >= 4 is 0 Å². The van der Waals surface area contributed by atoms with Crippen LogP contribution in [0.15, 0.2) is 0 Å². The average Bonchev–Trinajstić information content (AvgIpc) is 2.14. The third-order valence-electron chi connectivity index (χ3n) is 3.21. The zero-order valence-electron chi connectivity index (χ0n) is 11.3. The molecule has 0 aromatic heterocycles. The van der Waals surface area contributed by atoms with Crippen LogP contribution in [0.1, 0.15) is 40.0 Å². The second kappa shape index (κ2) is 5.99. The van der Waals surface area contributed by atoms with Gasteiger partial charge in [0.1, 0.15) is 0 Å². The molecule has 0 bridgehead atoms. The molecule has 1 fully saturated rings. The lowest BCUT2D eigenvalue weighted by Gasteiger charge is -2.31. The van der Waals surface area contributed by atoms with E-state index in [0.717, 1.165) is 13.0 Å². The lowest BCUT2D eigenvalue weighted by Crippen LogP contribution is -2.43. The molecular weight excluding hydrogens is 200 g/mol. The van der Waals surface area contributed by atoms with Gasteiger partial charge in [0.05, 0.1) is 6.10 Å². The van der Waals surface area contributed by atoms with Crippen LogP contribution in [0.4, 0.5) is 0 Å². The highest BCUT2D eigenvalue weighted by Crippen LogP contribution is 2.20. The number of nitrogens with one attached hydrogen (secondary N) is 1. The SMILES string of the molecule is CN1CCC(NC[C@H](O)CC(C)(C)C)CC1. The molecule has 0 saturated carbocycles. The van der Waals surface area contributed by atoms with Crippen molar-refractivity contribution in [3.63, 3.8) is 0 Å². The van der Waals surface area contributed by atoms with Crippen molar-refractivity contribution in [2.45, 2.75) is 52.2 Å². The molecule has 1 aliphatic rings. The number of rotatable bonds is 4. The van der Waals surface area contributed by atoms with Crippen molar-refractivity contribution in [1.29, 1.82) is 0 Å². The molecule has 0 unspecified atom stereocenters. The van der Waals surface area contributed by atoms with Crippen LogP contribution >= 0.6 is 0 Å². The molecule has 1 rings (SSSR count). The molecule has 1 saturated heterocycles. The molecule has 96 valence electrons. The predicted molar refractivity (Wildman–Crippen MR) is 68.6 cm³/mol. The Labute approximate surface area is 100 Å². The van der Waals surface area contributed by atoms with Crippen molar-refractivity contribution in [1.82, 2.24) is 10.2 Å². The van der Waals surface area contributed by atoms with Gasteiger partial charge < -0.3 is 15.3 Å². The smallest absolute Gasteiger partial charge is 0.0669 e. The van der Waals surface area contributed by atoms with E-state index in [4.69, 9.17) is 0 Å². The Kier molecular flexibility index (Phi) is 5.22. The molecule has 1 aliphatic heterocycles. The van der Waals surface area contributed by atoms with Crippen LogP contribution < -0.4 is 5.32 Å². The number of nitrogens with zero attached hydrogens (tertiary/aromatic N) is 1. The Morgan fingerprint density at radius 1 is 1.31 bits per heavy atom. The Hall–Kier alpha value is -0.120. The van der Waals surface area contributed by atoms with Crippen molar-refractivity contribution in [3.05, 3.63) is 0 Å². The van der Waals surface area contributed by atoms with E-state index in [0.29, 0.717) is 6.04 Å². The number of hydrogen-bond donors (Lipinski definition) is 2. The fourth-order valence-corrected chi connectivity index (χ4v) is 2.29. The Bertz CT molecular complexity index is 193. The summed E-state index contributed by atoms with van der Waals surface area (Å²) < 4.78 is 0. The van der Waals surface area contributed by atoms with E-state index >= 15 is 0 Å². The standard InChI is InChI=1S/C13H28N2O/c1-13(2,3)9-12(16)10-14-11-5-7-15(4)8-6-11/h11-12,14,16H,5-10H2,1-4H3/t12-/m1/s1. The van der Waals surface area contributed by atoms with Crippen LogP contribution in [0.5, 0.6) is 0 Å². The Balaban J connectivity index is 2.14. The van der Waals surface area contributed by atoms with E-state index < -0.39 is 0 Å². The maximum atomic E-state index is 9.89. The molecule has 0 aromatic rings. The molecule has 0 spiro atoms. The summed E-state index contributed by atoms with van der Waals surface area (Å²) in [5.74, 6) is 0. The van der Waals surface area contributed by atoms with Crippen LogP contribution in [0.25, 0.3) is 0 Å². The minimum atomic E-state index is -0.209. The van der Waals surface area contributed by atoms with E-state index in [-0.39, 0.29) is 11.5 Å². The number of hydrogen-bond acceptors (Lipinski definition) is 3. The highest BCUT2D eigenvalue weighted by Gasteiger charge is 2.19. The summed E-state index contributed by atoms with van der Waals surface area (Å²) >= 11 is 0. The quantitative estimate of drug-likeness (QED) is 0.765. The van der Waals surface area contributed by atoms with Gasteiger partial charge in [0.25, 0.3) is 0 Å². The van der Waals surface area contributed by atoms with E-state index in [1.165, 1.54) is 25.9 Å². The Morgan fingerprint density at radius 2 is 1.88 bits per heavy atom. The first-order valence-electron chi connectivity index (χ1n) is 6.47. The van der Waals surface area contributed by atoms with Gasteiger partial charge in [-0.15, -0.1) is 0 Å². The number of aliphatic hydroxyl groups is 1. The van der Waals surface area contributed by atoms with Gasteiger partial charge in [0.15, 0.2) is 0 Å².